The van der Waals surface area contributed by atoms with Crippen molar-refractivity contribution in [3.8, 4) is 6.07 Å². The quantitative estimate of drug-likeness (QED) is 0.775. The Bertz CT molecular complexity index is 940. The van der Waals surface area contributed by atoms with Gasteiger partial charge in [-0.2, -0.15) is 14.9 Å². The van der Waals surface area contributed by atoms with Crippen LogP contribution in [0.25, 0.3) is 5.65 Å². The van der Waals surface area contributed by atoms with Gasteiger partial charge in [0.05, 0.1) is 12.2 Å². The first-order chi connectivity index (χ1) is 12.0. The number of benzene rings is 1. The summed E-state index contributed by atoms with van der Waals surface area (Å²) in [6, 6.07) is 10.5. The van der Waals surface area contributed by atoms with E-state index in [1.54, 1.807) is 16.6 Å². The van der Waals surface area contributed by atoms with Crippen LogP contribution in [-0.4, -0.2) is 40.1 Å². The van der Waals surface area contributed by atoms with E-state index in [2.05, 4.69) is 21.5 Å². The number of nitriles is 1. The van der Waals surface area contributed by atoms with Crippen molar-refractivity contribution >= 4 is 11.5 Å². The molecule has 0 bridgehead atoms. The summed E-state index contributed by atoms with van der Waals surface area (Å²) in [4.78, 5) is 6.40. The molecule has 0 aliphatic rings. The van der Waals surface area contributed by atoms with Crippen LogP contribution in [0.3, 0.4) is 0 Å². The molecule has 25 heavy (non-hydrogen) atoms. The first-order valence-corrected chi connectivity index (χ1v) is 7.91. The van der Waals surface area contributed by atoms with Gasteiger partial charge in [-0.15, -0.1) is 0 Å². The summed E-state index contributed by atoms with van der Waals surface area (Å²) in [5.74, 6) is 0.490. The Labute approximate surface area is 145 Å². The molecule has 1 unspecified atom stereocenters. The SMILES string of the molecule is Cc1cc(NCC(c2cccc(F)c2)N(C)C)n2ncc(C#N)c2n1. The van der Waals surface area contributed by atoms with Gasteiger partial charge in [-0.05, 0) is 38.7 Å². The number of hydrogen-bond acceptors (Lipinski definition) is 5. The van der Waals surface area contributed by atoms with Crippen molar-refractivity contribution in [3.63, 3.8) is 0 Å². The molecule has 128 valence electrons. The average molecular weight is 338 g/mol. The van der Waals surface area contributed by atoms with Crippen LogP contribution in [0.2, 0.25) is 0 Å². The van der Waals surface area contributed by atoms with Crippen molar-refractivity contribution in [3.05, 3.63) is 59.2 Å². The predicted octanol–water partition coefficient (Wildman–Crippen LogP) is 2.76. The van der Waals surface area contributed by atoms with Gasteiger partial charge in [0.15, 0.2) is 5.65 Å². The Hall–Kier alpha value is -2.98. The number of rotatable bonds is 5. The highest BCUT2D eigenvalue weighted by Crippen LogP contribution is 2.21. The van der Waals surface area contributed by atoms with Crippen molar-refractivity contribution in [1.82, 2.24) is 19.5 Å². The van der Waals surface area contributed by atoms with Crippen molar-refractivity contribution in [2.24, 2.45) is 0 Å². The van der Waals surface area contributed by atoms with Gasteiger partial charge < -0.3 is 10.2 Å². The van der Waals surface area contributed by atoms with Crippen LogP contribution >= 0.6 is 0 Å². The Morgan fingerprint density at radius 3 is 2.84 bits per heavy atom. The fraction of sp³-hybridized carbons (Fsp3) is 0.278. The van der Waals surface area contributed by atoms with Gasteiger partial charge in [-0.3, -0.25) is 0 Å². The number of aromatic nitrogens is 3. The molecule has 0 aliphatic heterocycles. The molecular formula is C18H19FN6. The van der Waals surface area contributed by atoms with E-state index in [9.17, 15) is 4.39 Å². The van der Waals surface area contributed by atoms with Crippen LogP contribution in [0.5, 0.6) is 0 Å². The summed E-state index contributed by atoms with van der Waals surface area (Å²) in [5, 5.41) is 16.8. The molecule has 0 amide bonds. The Balaban J connectivity index is 1.90. The highest BCUT2D eigenvalue weighted by molar-refractivity contribution is 5.58. The van der Waals surface area contributed by atoms with Gasteiger partial charge in [0, 0.05) is 18.3 Å². The van der Waals surface area contributed by atoms with E-state index < -0.39 is 0 Å². The Morgan fingerprint density at radius 2 is 2.16 bits per heavy atom. The number of hydrogen-bond donors (Lipinski definition) is 1. The minimum absolute atomic E-state index is 0.0229. The number of aryl methyl sites for hydroxylation is 1. The summed E-state index contributed by atoms with van der Waals surface area (Å²) in [5.41, 5.74) is 2.63. The van der Waals surface area contributed by atoms with Gasteiger partial charge in [0.1, 0.15) is 23.3 Å². The first kappa shape index (κ1) is 16.9. The number of nitrogens with zero attached hydrogens (tertiary/aromatic N) is 5. The molecule has 0 aliphatic carbocycles. The maximum atomic E-state index is 13.6. The lowest BCUT2D eigenvalue weighted by Crippen LogP contribution is -2.27. The van der Waals surface area contributed by atoms with E-state index in [1.165, 1.54) is 12.3 Å². The highest BCUT2D eigenvalue weighted by atomic mass is 19.1. The second-order valence-corrected chi connectivity index (χ2v) is 6.10. The standard InChI is InChI=1S/C18H19FN6/c1-12-7-17(25-18(23-12)14(9-20)10-22-25)21-11-16(24(2)3)13-5-4-6-15(19)8-13/h4-8,10,16,21H,11H2,1-3H3. The molecule has 3 rings (SSSR count). The summed E-state index contributed by atoms with van der Waals surface area (Å²) < 4.78 is 15.2. The Kier molecular flexibility index (Phi) is 4.63. The third-order valence-corrected chi connectivity index (χ3v) is 4.05. The maximum Gasteiger partial charge on any atom is 0.175 e. The molecule has 7 heteroatoms. The van der Waals surface area contributed by atoms with E-state index in [1.807, 2.05) is 38.1 Å². The molecule has 2 aromatic heterocycles. The normalized spacial score (nSPS) is 12.3. The van der Waals surface area contributed by atoms with E-state index in [0.717, 1.165) is 17.1 Å². The molecule has 1 aromatic carbocycles. The van der Waals surface area contributed by atoms with Crippen LogP contribution in [-0.2, 0) is 0 Å². The number of nitrogens with one attached hydrogen (secondary N) is 1. The summed E-state index contributed by atoms with van der Waals surface area (Å²) in [6.45, 7) is 2.42. The van der Waals surface area contributed by atoms with Gasteiger partial charge in [-0.25, -0.2) is 9.37 Å². The van der Waals surface area contributed by atoms with Crippen molar-refractivity contribution in [1.29, 1.82) is 5.26 Å². The molecule has 0 saturated heterocycles. The van der Waals surface area contributed by atoms with E-state index in [-0.39, 0.29) is 11.9 Å². The number of halogens is 1. The number of likely N-dealkylation sites (N-methyl/N-ethyl adjacent to an activating group) is 1. The summed E-state index contributed by atoms with van der Waals surface area (Å²) >= 11 is 0. The van der Waals surface area contributed by atoms with Gasteiger partial charge in [0.2, 0.25) is 0 Å². The molecule has 1 N–H and O–H groups in total. The molecule has 0 spiro atoms. The first-order valence-electron chi connectivity index (χ1n) is 7.91. The molecule has 1 atom stereocenters. The van der Waals surface area contributed by atoms with Crippen molar-refractivity contribution in [2.75, 3.05) is 26.0 Å². The maximum absolute atomic E-state index is 13.6. The lowest BCUT2D eigenvalue weighted by Gasteiger charge is -2.25. The van der Waals surface area contributed by atoms with E-state index in [0.29, 0.717) is 17.8 Å². The third kappa shape index (κ3) is 3.44. The smallest absolute Gasteiger partial charge is 0.175 e. The molecule has 0 saturated carbocycles. The molecule has 2 heterocycles. The second-order valence-electron chi connectivity index (χ2n) is 6.10. The van der Waals surface area contributed by atoms with Gasteiger partial charge in [-0.1, -0.05) is 12.1 Å². The fourth-order valence-electron chi connectivity index (χ4n) is 2.80. The molecule has 3 aromatic rings. The topological polar surface area (TPSA) is 69.2 Å². The number of fused-ring (bicyclic) bond motifs is 1. The summed E-state index contributed by atoms with van der Waals surface area (Å²) in [7, 11) is 3.90. The zero-order valence-corrected chi connectivity index (χ0v) is 14.4. The van der Waals surface area contributed by atoms with Gasteiger partial charge in [0.25, 0.3) is 0 Å². The second kappa shape index (κ2) is 6.87. The van der Waals surface area contributed by atoms with Crippen LogP contribution in [0.1, 0.15) is 22.9 Å². The largest absolute Gasteiger partial charge is 0.368 e. The monoisotopic (exact) mass is 338 g/mol. The Morgan fingerprint density at radius 1 is 1.36 bits per heavy atom. The third-order valence-electron chi connectivity index (χ3n) is 4.05. The zero-order chi connectivity index (χ0) is 18.0. The molecule has 6 nitrogen and oxygen atoms in total. The van der Waals surface area contributed by atoms with Crippen LogP contribution in [0, 0.1) is 24.1 Å². The lowest BCUT2D eigenvalue weighted by molar-refractivity contribution is 0.311. The van der Waals surface area contributed by atoms with E-state index in [4.69, 9.17) is 5.26 Å². The lowest BCUT2D eigenvalue weighted by atomic mass is 10.1. The van der Waals surface area contributed by atoms with Crippen LogP contribution < -0.4 is 5.32 Å². The highest BCUT2D eigenvalue weighted by Gasteiger charge is 2.16. The molecule has 0 radical (unpaired) electrons. The molecular weight excluding hydrogens is 319 g/mol. The van der Waals surface area contributed by atoms with Gasteiger partial charge >= 0.3 is 0 Å². The van der Waals surface area contributed by atoms with Crippen molar-refractivity contribution in [2.45, 2.75) is 13.0 Å². The predicted molar refractivity (Wildman–Crippen MR) is 93.8 cm³/mol. The average Bonchev–Trinajstić information content (AvgIpc) is 2.97. The van der Waals surface area contributed by atoms with Crippen LogP contribution in [0.4, 0.5) is 10.2 Å². The van der Waals surface area contributed by atoms with E-state index >= 15 is 0 Å². The fourth-order valence-corrected chi connectivity index (χ4v) is 2.80. The van der Waals surface area contributed by atoms with Crippen LogP contribution in [0.15, 0.2) is 36.5 Å². The minimum atomic E-state index is -0.253. The zero-order valence-electron chi connectivity index (χ0n) is 14.4. The van der Waals surface area contributed by atoms with Crippen molar-refractivity contribution < 1.29 is 4.39 Å². The minimum Gasteiger partial charge on any atom is -0.368 e. The molecule has 0 fully saturated rings. The number of anilines is 1. The summed E-state index contributed by atoms with van der Waals surface area (Å²) in [6.07, 6.45) is 1.50.